The van der Waals surface area contributed by atoms with E-state index in [0.717, 1.165) is 38.3 Å². The molecule has 0 aromatic heterocycles. The summed E-state index contributed by atoms with van der Waals surface area (Å²) >= 11 is 0. The highest BCUT2D eigenvalue weighted by Gasteiger charge is 2.26. The molecular weight excluding hydrogens is 228 g/mol. The van der Waals surface area contributed by atoms with Crippen molar-refractivity contribution in [2.24, 2.45) is 17.6 Å². The Balaban J connectivity index is 1.72. The molecule has 4 heteroatoms. The first-order chi connectivity index (χ1) is 8.65. The molecule has 1 amide bonds. The third-order valence-corrected chi connectivity index (χ3v) is 4.46. The summed E-state index contributed by atoms with van der Waals surface area (Å²) in [5, 5.41) is 10.1. The van der Waals surface area contributed by atoms with Gasteiger partial charge in [-0.1, -0.05) is 25.7 Å². The van der Waals surface area contributed by atoms with Gasteiger partial charge < -0.3 is 10.8 Å². The van der Waals surface area contributed by atoms with Crippen molar-refractivity contribution >= 4 is 5.91 Å². The van der Waals surface area contributed by atoms with Crippen LogP contribution < -0.4 is 5.73 Å². The zero-order valence-corrected chi connectivity index (χ0v) is 11.2. The van der Waals surface area contributed by atoms with Gasteiger partial charge >= 0.3 is 0 Å². The fraction of sp³-hybridized carbons (Fsp3) is 0.929. The summed E-state index contributed by atoms with van der Waals surface area (Å²) in [4.78, 5) is 13.4. The molecule has 0 bridgehead atoms. The van der Waals surface area contributed by atoms with Crippen molar-refractivity contribution in [2.45, 2.75) is 51.0 Å². The Morgan fingerprint density at radius 2 is 2.00 bits per heavy atom. The number of likely N-dealkylation sites (tertiary alicyclic amines) is 1. The van der Waals surface area contributed by atoms with E-state index in [9.17, 15) is 9.90 Å². The molecular formula is C14H26N2O2. The predicted octanol–water partition coefficient (Wildman–Crippen LogP) is 1.12. The Bertz CT molecular complexity index is 277. The van der Waals surface area contributed by atoms with Crippen molar-refractivity contribution in [3.05, 3.63) is 0 Å². The summed E-state index contributed by atoms with van der Waals surface area (Å²) in [5.74, 6) is 0.513. The van der Waals surface area contributed by atoms with E-state index in [0.29, 0.717) is 6.54 Å². The Kier molecular flexibility index (Phi) is 5.01. The quantitative estimate of drug-likeness (QED) is 0.773. The van der Waals surface area contributed by atoms with E-state index in [-0.39, 0.29) is 17.9 Å². The third kappa shape index (κ3) is 3.95. The zero-order chi connectivity index (χ0) is 13.0. The van der Waals surface area contributed by atoms with Gasteiger partial charge in [-0.3, -0.25) is 9.69 Å². The highest BCUT2D eigenvalue weighted by atomic mass is 16.3. The molecule has 18 heavy (non-hydrogen) atoms. The van der Waals surface area contributed by atoms with Crippen molar-refractivity contribution < 1.29 is 9.90 Å². The van der Waals surface area contributed by atoms with Gasteiger partial charge in [-0.05, 0) is 31.7 Å². The van der Waals surface area contributed by atoms with Crippen LogP contribution in [0.2, 0.25) is 0 Å². The number of carbonyl (C=O) groups is 1. The van der Waals surface area contributed by atoms with E-state index in [1.165, 1.54) is 25.7 Å². The van der Waals surface area contributed by atoms with E-state index >= 15 is 0 Å². The zero-order valence-electron chi connectivity index (χ0n) is 11.2. The number of nitrogens with two attached hydrogens (primary N) is 1. The van der Waals surface area contributed by atoms with Crippen LogP contribution in [0.15, 0.2) is 0 Å². The van der Waals surface area contributed by atoms with Gasteiger partial charge in [0.05, 0.1) is 12.0 Å². The number of primary amides is 1. The number of β-amino-alcohol motifs (C(OH)–C–C–N with tert-alkyl or cyclic N) is 1. The van der Waals surface area contributed by atoms with Crippen molar-refractivity contribution in [1.82, 2.24) is 4.90 Å². The van der Waals surface area contributed by atoms with Crippen LogP contribution in [-0.4, -0.2) is 41.7 Å². The molecule has 1 heterocycles. The number of aliphatic hydroxyl groups excluding tert-OH is 1. The van der Waals surface area contributed by atoms with Gasteiger partial charge in [0, 0.05) is 13.1 Å². The van der Waals surface area contributed by atoms with E-state index in [2.05, 4.69) is 4.90 Å². The maximum absolute atomic E-state index is 11.2. The minimum absolute atomic E-state index is 0.0163. The Morgan fingerprint density at radius 3 is 2.67 bits per heavy atom. The number of aliphatic hydroxyl groups is 1. The molecule has 1 aliphatic heterocycles. The minimum atomic E-state index is -0.236. The van der Waals surface area contributed by atoms with E-state index in [1.807, 2.05) is 0 Å². The Hall–Kier alpha value is -0.610. The minimum Gasteiger partial charge on any atom is -0.392 e. The van der Waals surface area contributed by atoms with E-state index in [1.54, 1.807) is 0 Å². The van der Waals surface area contributed by atoms with Crippen molar-refractivity contribution in [3.8, 4) is 0 Å². The molecule has 1 aliphatic carbocycles. The van der Waals surface area contributed by atoms with Crippen LogP contribution in [-0.2, 0) is 4.79 Å². The molecule has 0 radical (unpaired) electrons. The maximum Gasteiger partial charge on any atom is 0.221 e. The number of hydrogen-bond acceptors (Lipinski definition) is 3. The van der Waals surface area contributed by atoms with Crippen molar-refractivity contribution in [2.75, 3.05) is 19.6 Å². The summed E-state index contributed by atoms with van der Waals surface area (Å²) < 4.78 is 0. The van der Waals surface area contributed by atoms with Gasteiger partial charge in [0.15, 0.2) is 0 Å². The smallest absolute Gasteiger partial charge is 0.221 e. The second kappa shape index (κ2) is 6.53. The number of nitrogens with zero attached hydrogens (tertiary/aromatic N) is 1. The number of carbonyl (C=O) groups excluding carboxylic acids is 1. The van der Waals surface area contributed by atoms with Crippen LogP contribution in [0.25, 0.3) is 0 Å². The molecule has 2 fully saturated rings. The first-order valence-corrected chi connectivity index (χ1v) is 7.35. The van der Waals surface area contributed by atoms with Crippen LogP contribution in [0.4, 0.5) is 0 Å². The Labute approximate surface area is 110 Å². The van der Waals surface area contributed by atoms with E-state index in [4.69, 9.17) is 5.73 Å². The van der Waals surface area contributed by atoms with E-state index < -0.39 is 0 Å². The lowest BCUT2D eigenvalue weighted by atomic mass is 9.95. The largest absolute Gasteiger partial charge is 0.392 e. The van der Waals surface area contributed by atoms with Gasteiger partial charge in [-0.15, -0.1) is 0 Å². The normalized spacial score (nSPS) is 28.4. The molecule has 2 unspecified atom stereocenters. The Morgan fingerprint density at radius 1 is 1.28 bits per heavy atom. The average Bonchev–Trinajstić information content (AvgIpc) is 2.82. The summed E-state index contributed by atoms with van der Waals surface area (Å²) in [5.41, 5.74) is 5.36. The molecule has 2 rings (SSSR count). The molecule has 2 aliphatic rings. The van der Waals surface area contributed by atoms with Crippen LogP contribution in [0.1, 0.15) is 44.9 Å². The summed E-state index contributed by atoms with van der Waals surface area (Å²) in [6.45, 7) is 2.43. The van der Waals surface area contributed by atoms with Gasteiger partial charge in [0.25, 0.3) is 0 Å². The number of piperidine rings is 1. The standard InChI is InChI=1S/C14H26N2O2/c15-14(18)12-6-3-7-16(9-12)10-13(17)8-11-4-1-2-5-11/h11-13,17H,1-10H2,(H2,15,18). The summed E-state index contributed by atoms with van der Waals surface area (Å²) in [7, 11) is 0. The van der Waals surface area contributed by atoms with Crippen LogP contribution in [0.5, 0.6) is 0 Å². The molecule has 0 aromatic rings. The molecule has 2 atom stereocenters. The molecule has 0 spiro atoms. The first-order valence-electron chi connectivity index (χ1n) is 7.35. The van der Waals surface area contributed by atoms with Gasteiger partial charge in [0.2, 0.25) is 5.91 Å². The molecule has 0 aromatic carbocycles. The SMILES string of the molecule is NC(=O)C1CCCN(CC(O)CC2CCCC2)C1. The second-order valence-electron chi connectivity index (χ2n) is 6.04. The molecule has 4 nitrogen and oxygen atoms in total. The molecule has 1 saturated carbocycles. The number of rotatable bonds is 5. The molecule has 3 N–H and O–H groups in total. The van der Waals surface area contributed by atoms with Gasteiger partial charge in [-0.25, -0.2) is 0 Å². The maximum atomic E-state index is 11.2. The summed E-state index contributed by atoms with van der Waals surface area (Å²) in [6.07, 6.45) is 7.82. The lowest BCUT2D eigenvalue weighted by molar-refractivity contribution is -0.123. The van der Waals surface area contributed by atoms with Crippen molar-refractivity contribution in [3.63, 3.8) is 0 Å². The highest BCUT2D eigenvalue weighted by molar-refractivity contribution is 5.76. The topological polar surface area (TPSA) is 66.6 Å². The van der Waals surface area contributed by atoms with Crippen molar-refractivity contribution in [1.29, 1.82) is 0 Å². The number of amides is 1. The fourth-order valence-corrected chi connectivity index (χ4v) is 3.46. The lowest BCUT2D eigenvalue weighted by Gasteiger charge is -2.32. The average molecular weight is 254 g/mol. The fourth-order valence-electron chi connectivity index (χ4n) is 3.46. The van der Waals surface area contributed by atoms with Crippen LogP contribution in [0, 0.1) is 11.8 Å². The van der Waals surface area contributed by atoms with Gasteiger partial charge in [0.1, 0.15) is 0 Å². The first kappa shape index (κ1) is 13.8. The molecule has 1 saturated heterocycles. The van der Waals surface area contributed by atoms with Crippen LogP contribution in [0.3, 0.4) is 0 Å². The highest BCUT2D eigenvalue weighted by Crippen LogP contribution is 2.29. The second-order valence-corrected chi connectivity index (χ2v) is 6.04. The molecule has 104 valence electrons. The number of hydrogen-bond donors (Lipinski definition) is 2. The third-order valence-electron chi connectivity index (χ3n) is 4.46. The predicted molar refractivity (Wildman–Crippen MR) is 70.9 cm³/mol. The van der Waals surface area contributed by atoms with Gasteiger partial charge in [-0.2, -0.15) is 0 Å². The lowest BCUT2D eigenvalue weighted by Crippen LogP contribution is -2.44. The summed E-state index contributed by atoms with van der Waals surface area (Å²) in [6, 6.07) is 0. The van der Waals surface area contributed by atoms with Crippen LogP contribution >= 0.6 is 0 Å². The monoisotopic (exact) mass is 254 g/mol.